The van der Waals surface area contributed by atoms with Gasteiger partial charge in [-0.1, -0.05) is 38.0 Å². The zero-order chi connectivity index (χ0) is 19.7. The molecule has 1 aliphatic heterocycles. The molecule has 9 heteroatoms. The van der Waals surface area contributed by atoms with Crippen molar-refractivity contribution in [3.8, 4) is 0 Å². The summed E-state index contributed by atoms with van der Waals surface area (Å²) >= 11 is 0. The Morgan fingerprint density at radius 2 is 2.00 bits per heavy atom. The van der Waals surface area contributed by atoms with Crippen LogP contribution in [0.15, 0.2) is 30.3 Å². The SMILES string of the molecule is C[C@H]1CCCC[C@@]12NC(=O)N(Cc1nc(N)nc(Nc3ccccc3)n1)C2=O. The summed E-state index contributed by atoms with van der Waals surface area (Å²) in [5.41, 5.74) is 5.80. The predicted molar refractivity (Wildman–Crippen MR) is 103 cm³/mol. The molecular weight excluding hydrogens is 358 g/mol. The van der Waals surface area contributed by atoms with Crippen LogP contribution >= 0.6 is 0 Å². The third kappa shape index (κ3) is 3.23. The molecule has 1 aromatic heterocycles. The number of hydrogen-bond acceptors (Lipinski definition) is 7. The van der Waals surface area contributed by atoms with E-state index < -0.39 is 11.6 Å². The number of imide groups is 1. The van der Waals surface area contributed by atoms with E-state index in [0.717, 1.165) is 24.9 Å². The van der Waals surface area contributed by atoms with Gasteiger partial charge >= 0.3 is 6.03 Å². The first-order valence-electron chi connectivity index (χ1n) is 9.44. The van der Waals surface area contributed by atoms with E-state index in [1.54, 1.807) is 0 Å². The molecule has 1 spiro atoms. The van der Waals surface area contributed by atoms with Crippen molar-refractivity contribution in [3.05, 3.63) is 36.2 Å². The van der Waals surface area contributed by atoms with Crippen molar-refractivity contribution >= 4 is 29.5 Å². The number of amides is 3. The highest BCUT2D eigenvalue weighted by Gasteiger charge is 2.54. The van der Waals surface area contributed by atoms with Crippen LogP contribution in [0.1, 0.15) is 38.4 Å². The monoisotopic (exact) mass is 381 g/mol. The molecule has 0 unspecified atom stereocenters. The van der Waals surface area contributed by atoms with Crippen molar-refractivity contribution in [1.82, 2.24) is 25.2 Å². The van der Waals surface area contributed by atoms with E-state index in [4.69, 9.17) is 5.73 Å². The van der Waals surface area contributed by atoms with Gasteiger partial charge < -0.3 is 16.4 Å². The van der Waals surface area contributed by atoms with Gasteiger partial charge in [0.2, 0.25) is 11.9 Å². The van der Waals surface area contributed by atoms with E-state index in [1.165, 1.54) is 4.90 Å². The molecule has 9 nitrogen and oxygen atoms in total. The number of nitrogen functional groups attached to an aromatic ring is 1. The van der Waals surface area contributed by atoms with Crippen LogP contribution in [0.4, 0.5) is 22.4 Å². The summed E-state index contributed by atoms with van der Waals surface area (Å²) < 4.78 is 0. The number of carbonyl (C=O) groups excluding carboxylic acids is 2. The molecule has 2 aliphatic rings. The molecule has 1 aliphatic carbocycles. The molecule has 2 aromatic rings. The van der Waals surface area contributed by atoms with E-state index in [2.05, 4.69) is 25.6 Å². The predicted octanol–water partition coefficient (Wildman–Crippen LogP) is 2.20. The van der Waals surface area contributed by atoms with Crippen LogP contribution in [0.25, 0.3) is 0 Å². The molecule has 1 saturated heterocycles. The summed E-state index contributed by atoms with van der Waals surface area (Å²) in [6.45, 7) is 1.97. The normalized spacial score (nSPS) is 24.5. The number of nitrogens with zero attached hydrogens (tertiary/aromatic N) is 4. The molecule has 4 N–H and O–H groups in total. The smallest absolute Gasteiger partial charge is 0.325 e. The van der Waals surface area contributed by atoms with Gasteiger partial charge in [0.1, 0.15) is 5.54 Å². The number of nitrogens with two attached hydrogens (primary N) is 1. The summed E-state index contributed by atoms with van der Waals surface area (Å²) in [6.07, 6.45) is 3.58. The zero-order valence-electron chi connectivity index (χ0n) is 15.7. The van der Waals surface area contributed by atoms with E-state index in [9.17, 15) is 9.59 Å². The highest BCUT2D eigenvalue weighted by atomic mass is 16.2. The number of urea groups is 1. The first kappa shape index (κ1) is 18.1. The third-order valence-electron chi connectivity index (χ3n) is 5.53. The second-order valence-electron chi connectivity index (χ2n) is 7.36. The first-order chi connectivity index (χ1) is 13.5. The van der Waals surface area contributed by atoms with Crippen LogP contribution in [-0.2, 0) is 11.3 Å². The number of hydrogen-bond donors (Lipinski definition) is 3. The minimum Gasteiger partial charge on any atom is -0.368 e. The molecule has 0 bridgehead atoms. The Kier molecular flexibility index (Phi) is 4.58. The first-order valence-corrected chi connectivity index (χ1v) is 9.44. The minimum absolute atomic E-state index is 0.0243. The molecular formula is C19H23N7O2. The lowest BCUT2D eigenvalue weighted by atomic mass is 9.73. The van der Waals surface area contributed by atoms with Crippen molar-refractivity contribution < 1.29 is 9.59 Å². The lowest BCUT2D eigenvalue weighted by molar-refractivity contribution is -0.134. The van der Waals surface area contributed by atoms with Crippen molar-refractivity contribution in [2.75, 3.05) is 11.1 Å². The average molecular weight is 381 g/mol. The standard InChI is InChI=1S/C19H23N7O2/c1-12-7-5-6-10-19(12)15(27)26(18(28)25-19)11-14-22-16(20)24-17(23-14)21-13-8-3-2-4-9-13/h2-4,8-9,12H,5-7,10-11H2,1H3,(H,25,28)(H3,20,21,22,23,24)/t12-,19+/m0/s1. The molecule has 146 valence electrons. The van der Waals surface area contributed by atoms with Crippen LogP contribution < -0.4 is 16.4 Å². The van der Waals surface area contributed by atoms with Gasteiger partial charge in [-0.05, 0) is 30.9 Å². The van der Waals surface area contributed by atoms with Gasteiger partial charge in [-0.15, -0.1) is 0 Å². The maximum atomic E-state index is 13.1. The van der Waals surface area contributed by atoms with E-state index in [-0.39, 0.29) is 36.1 Å². The van der Waals surface area contributed by atoms with Gasteiger partial charge in [-0.3, -0.25) is 9.69 Å². The van der Waals surface area contributed by atoms with Gasteiger partial charge in [0.25, 0.3) is 5.91 Å². The summed E-state index contributed by atoms with van der Waals surface area (Å²) in [6, 6.07) is 8.99. The van der Waals surface area contributed by atoms with Crippen LogP contribution in [0.3, 0.4) is 0 Å². The molecule has 0 radical (unpaired) electrons. The van der Waals surface area contributed by atoms with Gasteiger partial charge in [0, 0.05) is 5.69 Å². The maximum absolute atomic E-state index is 13.1. The molecule has 28 heavy (non-hydrogen) atoms. The molecule has 1 saturated carbocycles. The van der Waals surface area contributed by atoms with Crippen molar-refractivity contribution in [3.63, 3.8) is 0 Å². The zero-order valence-corrected chi connectivity index (χ0v) is 15.7. The van der Waals surface area contributed by atoms with Crippen molar-refractivity contribution in [1.29, 1.82) is 0 Å². The summed E-state index contributed by atoms with van der Waals surface area (Å²) in [7, 11) is 0. The fourth-order valence-electron chi connectivity index (χ4n) is 4.00. The third-order valence-corrected chi connectivity index (χ3v) is 5.53. The topological polar surface area (TPSA) is 126 Å². The highest BCUT2D eigenvalue weighted by Crippen LogP contribution is 2.38. The number of carbonyl (C=O) groups is 2. The largest absolute Gasteiger partial charge is 0.368 e. The fourth-order valence-corrected chi connectivity index (χ4v) is 4.00. The number of anilines is 3. The Bertz CT molecular complexity index is 904. The van der Waals surface area contributed by atoms with Gasteiger partial charge in [0.15, 0.2) is 5.82 Å². The Balaban J connectivity index is 1.55. The summed E-state index contributed by atoms with van der Waals surface area (Å²) in [4.78, 5) is 39.3. The number of benzene rings is 1. The van der Waals surface area contributed by atoms with E-state index in [0.29, 0.717) is 6.42 Å². The fraction of sp³-hybridized carbons (Fsp3) is 0.421. The minimum atomic E-state index is -0.807. The number of nitrogens with one attached hydrogen (secondary N) is 2. The number of para-hydroxylation sites is 1. The Hall–Kier alpha value is -3.23. The summed E-state index contributed by atoms with van der Waals surface area (Å²) in [5, 5.41) is 5.98. The maximum Gasteiger partial charge on any atom is 0.325 e. The van der Waals surface area contributed by atoms with Gasteiger partial charge in [-0.25, -0.2) is 4.79 Å². The molecule has 3 amide bonds. The highest BCUT2D eigenvalue weighted by molar-refractivity contribution is 6.07. The Morgan fingerprint density at radius 1 is 1.21 bits per heavy atom. The van der Waals surface area contributed by atoms with Crippen molar-refractivity contribution in [2.24, 2.45) is 5.92 Å². The summed E-state index contributed by atoms with van der Waals surface area (Å²) in [5.74, 6) is 0.440. The lowest BCUT2D eigenvalue weighted by Gasteiger charge is -2.36. The second-order valence-corrected chi connectivity index (χ2v) is 7.36. The molecule has 2 heterocycles. The molecule has 2 atom stereocenters. The molecule has 1 aromatic carbocycles. The van der Waals surface area contributed by atoms with Gasteiger partial charge in [0.05, 0.1) is 6.54 Å². The van der Waals surface area contributed by atoms with Crippen LogP contribution in [-0.4, -0.2) is 37.3 Å². The van der Waals surface area contributed by atoms with Crippen molar-refractivity contribution in [2.45, 2.75) is 44.7 Å². The molecule has 4 rings (SSSR count). The van der Waals surface area contributed by atoms with E-state index in [1.807, 2.05) is 37.3 Å². The van der Waals surface area contributed by atoms with E-state index >= 15 is 0 Å². The molecule has 2 fully saturated rings. The van der Waals surface area contributed by atoms with Crippen LogP contribution in [0.5, 0.6) is 0 Å². The Morgan fingerprint density at radius 3 is 2.75 bits per heavy atom. The second kappa shape index (κ2) is 7.06. The number of rotatable bonds is 4. The quantitative estimate of drug-likeness (QED) is 0.693. The van der Waals surface area contributed by atoms with Crippen LogP contribution in [0.2, 0.25) is 0 Å². The van der Waals surface area contributed by atoms with Crippen LogP contribution in [0, 0.1) is 5.92 Å². The van der Waals surface area contributed by atoms with Gasteiger partial charge in [-0.2, -0.15) is 15.0 Å². The lowest BCUT2D eigenvalue weighted by Crippen LogP contribution is -2.53. The Labute approximate surface area is 162 Å². The average Bonchev–Trinajstić information content (AvgIpc) is 2.90. The number of aromatic nitrogens is 3.